The first kappa shape index (κ1) is 16.3. The number of alkyl halides is 3. The summed E-state index contributed by atoms with van der Waals surface area (Å²) in [4.78, 5) is 11.1. The SMILES string of the molecule is CCCC(CC)Nc1ccc(C(F)(F)F)cc1C(=O)O. The summed E-state index contributed by atoms with van der Waals surface area (Å²) in [5, 5.41) is 12.1. The van der Waals surface area contributed by atoms with Crippen LogP contribution in [0.25, 0.3) is 0 Å². The van der Waals surface area contributed by atoms with Crippen LogP contribution in [0.3, 0.4) is 0 Å². The van der Waals surface area contributed by atoms with E-state index in [0.29, 0.717) is 6.07 Å². The molecule has 1 aromatic rings. The van der Waals surface area contributed by atoms with Crippen molar-refractivity contribution in [1.29, 1.82) is 0 Å². The van der Waals surface area contributed by atoms with Gasteiger partial charge in [0.1, 0.15) is 0 Å². The van der Waals surface area contributed by atoms with Gasteiger partial charge in [-0.15, -0.1) is 0 Å². The highest BCUT2D eigenvalue weighted by molar-refractivity contribution is 5.94. The average Bonchev–Trinajstić information content (AvgIpc) is 2.36. The summed E-state index contributed by atoms with van der Waals surface area (Å²) in [5.41, 5.74) is -1.08. The minimum absolute atomic E-state index is 0.0508. The van der Waals surface area contributed by atoms with Crippen molar-refractivity contribution in [1.82, 2.24) is 0 Å². The van der Waals surface area contributed by atoms with Gasteiger partial charge in [-0.2, -0.15) is 13.2 Å². The molecule has 0 aliphatic rings. The van der Waals surface area contributed by atoms with Crippen LogP contribution < -0.4 is 5.32 Å². The number of carboxylic acids is 1. The van der Waals surface area contributed by atoms with Gasteiger partial charge in [-0.25, -0.2) is 4.79 Å². The van der Waals surface area contributed by atoms with Gasteiger partial charge >= 0.3 is 12.1 Å². The molecule has 0 aliphatic carbocycles. The van der Waals surface area contributed by atoms with E-state index in [4.69, 9.17) is 5.11 Å². The predicted octanol–water partition coefficient (Wildman–Crippen LogP) is 4.39. The van der Waals surface area contributed by atoms with E-state index in [0.717, 1.165) is 25.3 Å². The van der Waals surface area contributed by atoms with Crippen LogP contribution in [0.2, 0.25) is 0 Å². The fourth-order valence-corrected chi connectivity index (χ4v) is 1.97. The number of carboxylic acid groups (broad SMARTS) is 1. The van der Waals surface area contributed by atoms with Crippen LogP contribution >= 0.6 is 0 Å². The standard InChI is InChI=1S/C14H18F3NO2/c1-3-5-10(4-2)18-12-7-6-9(14(15,16)17)8-11(12)13(19)20/h6-8,10,18H,3-5H2,1-2H3,(H,19,20). The molecule has 0 spiro atoms. The third-order valence-corrected chi connectivity index (χ3v) is 3.07. The normalized spacial score (nSPS) is 13.1. The van der Waals surface area contributed by atoms with Gasteiger partial charge in [0.25, 0.3) is 0 Å². The summed E-state index contributed by atoms with van der Waals surface area (Å²) in [6, 6.07) is 2.80. The van der Waals surface area contributed by atoms with Gasteiger partial charge in [0.2, 0.25) is 0 Å². The zero-order chi connectivity index (χ0) is 15.3. The van der Waals surface area contributed by atoms with E-state index in [1.165, 1.54) is 6.07 Å². The van der Waals surface area contributed by atoms with Gasteiger partial charge < -0.3 is 10.4 Å². The summed E-state index contributed by atoms with van der Waals surface area (Å²) in [7, 11) is 0. The molecule has 0 saturated heterocycles. The molecule has 0 saturated carbocycles. The number of rotatable bonds is 6. The summed E-state index contributed by atoms with van der Waals surface area (Å²) in [6.45, 7) is 3.94. The zero-order valence-corrected chi connectivity index (χ0v) is 11.4. The molecule has 0 radical (unpaired) electrons. The Morgan fingerprint density at radius 2 is 2.00 bits per heavy atom. The summed E-state index contributed by atoms with van der Waals surface area (Å²) in [5.74, 6) is -1.37. The second-order valence-electron chi connectivity index (χ2n) is 4.60. The zero-order valence-electron chi connectivity index (χ0n) is 11.4. The Balaban J connectivity index is 3.10. The minimum atomic E-state index is -4.55. The van der Waals surface area contributed by atoms with Crippen LogP contribution in [0.5, 0.6) is 0 Å². The molecule has 3 nitrogen and oxygen atoms in total. The highest BCUT2D eigenvalue weighted by atomic mass is 19.4. The molecule has 1 rings (SSSR count). The number of hydrogen-bond acceptors (Lipinski definition) is 2. The molecule has 0 aromatic heterocycles. The van der Waals surface area contributed by atoms with Crippen LogP contribution in [0.4, 0.5) is 18.9 Å². The lowest BCUT2D eigenvalue weighted by atomic mass is 10.0. The fourth-order valence-electron chi connectivity index (χ4n) is 1.97. The first-order chi connectivity index (χ1) is 9.29. The fraction of sp³-hybridized carbons (Fsp3) is 0.500. The summed E-state index contributed by atoms with van der Waals surface area (Å²) in [6.07, 6.45) is -2.03. The lowest BCUT2D eigenvalue weighted by Gasteiger charge is -2.19. The van der Waals surface area contributed by atoms with Crippen molar-refractivity contribution in [3.63, 3.8) is 0 Å². The van der Waals surface area contributed by atoms with Crippen LogP contribution in [0.15, 0.2) is 18.2 Å². The molecule has 1 aromatic carbocycles. The van der Waals surface area contributed by atoms with Gasteiger partial charge in [0.05, 0.1) is 11.1 Å². The highest BCUT2D eigenvalue weighted by Gasteiger charge is 2.31. The smallest absolute Gasteiger partial charge is 0.416 e. The number of halogens is 3. The van der Waals surface area contributed by atoms with Crippen molar-refractivity contribution in [2.75, 3.05) is 5.32 Å². The monoisotopic (exact) mass is 289 g/mol. The molecule has 2 N–H and O–H groups in total. The van der Waals surface area contributed by atoms with Crippen LogP contribution in [-0.4, -0.2) is 17.1 Å². The number of nitrogens with one attached hydrogen (secondary N) is 1. The Labute approximate surface area is 115 Å². The third kappa shape index (κ3) is 4.15. The second-order valence-corrected chi connectivity index (χ2v) is 4.60. The van der Waals surface area contributed by atoms with E-state index in [1.54, 1.807) is 0 Å². The molecular weight excluding hydrogens is 271 g/mol. The summed E-state index contributed by atoms with van der Waals surface area (Å²) >= 11 is 0. The molecule has 112 valence electrons. The molecule has 0 bridgehead atoms. The van der Waals surface area contributed by atoms with Crippen molar-refractivity contribution in [3.8, 4) is 0 Å². The first-order valence-electron chi connectivity index (χ1n) is 6.50. The largest absolute Gasteiger partial charge is 0.478 e. The van der Waals surface area contributed by atoms with Crippen molar-refractivity contribution >= 4 is 11.7 Å². The third-order valence-electron chi connectivity index (χ3n) is 3.07. The molecule has 0 amide bonds. The summed E-state index contributed by atoms with van der Waals surface area (Å²) < 4.78 is 37.8. The second kappa shape index (κ2) is 6.63. The molecule has 6 heteroatoms. The first-order valence-corrected chi connectivity index (χ1v) is 6.50. The lowest BCUT2D eigenvalue weighted by Crippen LogP contribution is -2.20. The maximum atomic E-state index is 12.6. The van der Waals surface area contributed by atoms with Crippen LogP contribution in [0, 0.1) is 0 Å². The Kier molecular flexibility index (Phi) is 5.42. The molecule has 0 aliphatic heterocycles. The number of aromatic carboxylic acids is 1. The number of benzene rings is 1. The topological polar surface area (TPSA) is 49.3 Å². The Bertz CT molecular complexity index is 472. The molecular formula is C14H18F3NO2. The van der Waals surface area contributed by atoms with E-state index in [-0.39, 0.29) is 17.3 Å². The van der Waals surface area contributed by atoms with Crippen molar-refractivity contribution in [2.24, 2.45) is 0 Å². The van der Waals surface area contributed by atoms with Gasteiger partial charge in [0, 0.05) is 11.7 Å². The van der Waals surface area contributed by atoms with E-state index >= 15 is 0 Å². The van der Waals surface area contributed by atoms with Gasteiger partial charge in [-0.3, -0.25) is 0 Å². The lowest BCUT2D eigenvalue weighted by molar-refractivity contribution is -0.137. The van der Waals surface area contributed by atoms with Gasteiger partial charge in [-0.1, -0.05) is 20.3 Å². The maximum absolute atomic E-state index is 12.6. The molecule has 0 fully saturated rings. The van der Waals surface area contributed by atoms with E-state index in [2.05, 4.69) is 5.32 Å². The quantitative estimate of drug-likeness (QED) is 0.816. The Morgan fingerprint density at radius 1 is 1.35 bits per heavy atom. The van der Waals surface area contributed by atoms with Crippen molar-refractivity contribution in [3.05, 3.63) is 29.3 Å². The number of carbonyl (C=O) groups is 1. The maximum Gasteiger partial charge on any atom is 0.416 e. The van der Waals surface area contributed by atoms with Crippen molar-refractivity contribution in [2.45, 2.75) is 45.3 Å². The number of anilines is 1. The Hall–Kier alpha value is -1.72. The minimum Gasteiger partial charge on any atom is -0.478 e. The van der Waals surface area contributed by atoms with Crippen molar-refractivity contribution < 1.29 is 23.1 Å². The molecule has 20 heavy (non-hydrogen) atoms. The van der Waals surface area contributed by atoms with Crippen LogP contribution in [-0.2, 0) is 6.18 Å². The highest BCUT2D eigenvalue weighted by Crippen LogP contribution is 2.32. The predicted molar refractivity (Wildman–Crippen MR) is 71.0 cm³/mol. The Morgan fingerprint density at radius 3 is 2.45 bits per heavy atom. The number of hydrogen-bond donors (Lipinski definition) is 2. The van der Waals surface area contributed by atoms with E-state index in [1.807, 2.05) is 13.8 Å². The molecule has 0 heterocycles. The van der Waals surface area contributed by atoms with Gasteiger partial charge in [-0.05, 0) is 31.0 Å². The van der Waals surface area contributed by atoms with E-state index in [9.17, 15) is 18.0 Å². The molecule has 1 unspecified atom stereocenters. The van der Waals surface area contributed by atoms with Crippen LogP contribution in [0.1, 0.15) is 49.0 Å². The molecule has 1 atom stereocenters. The van der Waals surface area contributed by atoms with Gasteiger partial charge in [0.15, 0.2) is 0 Å². The van der Waals surface area contributed by atoms with E-state index < -0.39 is 17.7 Å². The average molecular weight is 289 g/mol.